The summed E-state index contributed by atoms with van der Waals surface area (Å²) >= 11 is 3.42. The van der Waals surface area contributed by atoms with Crippen molar-refractivity contribution in [1.82, 2.24) is 5.32 Å². The van der Waals surface area contributed by atoms with Gasteiger partial charge in [0.2, 0.25) is 5.91 Å². The van der Waals surface area contributed by atoms with E-state index in [2.05, 4.69) is 33.4 Å². The Hall–Kier alpha value is -0.870. The summed E-state index contributed by atoms with van der Waals surface area (Å²) in [5.74, 6) is -0.0369. The van der Waals surface area contributed by atoms with Crippen LogP contribution in [0.15, 0.2) is 28.7 Å². The number of hydrogen-bond acceptors (Lipinski definition) is 2. The monoisotopic (exact) mass is 326 g/mol. The van der Waals surface area contributed by atoms with Crippen molar-refractivity contribution in [3.05, 3.63) is 34.3 Å². The molecule has 4 heteroatoms. The number of halogens is 1. The summed E-state index contributed by atoms with van der Waals surface area (Å²) in [4.78, 5) is 11.8. The molecule has 0 radical (unpaired) electrons. The van der Waals surface area contributed by atoms with Crippen LogP contribution in [0.3, 0.4) is 0 Å². The normalized spacial score (nSPS) is 13.9. The van der Waals surface area contributed by atoms with Crippen molar-refractivity contribution in [3.8, 4) is 0 Å². The molecule has 0 aliphatic rings. The predicted octanol–water partition coefficient (Wildman–Crippen LogP) is 3.01. The highest BCUT2D eigenvalue weighted by Gasteiger charge is 2.14. The maximum absolute atomic E-state index is 11.8. The van der Waals surface area contributed by atoms with Crippen LogP contribution in [0.5, 0.6) is 0 Å². The van der Waals surface area contributed by atoms with Crippen LogP contribution in [0.25, 0.3) is 0 Å². The third-order valence-electron chi connectivity index (χ3n) is 3.10. The van der Waals surface area contributed by atoms with Gasteiger partial charge < -0.3 is 11.1 Å². The van der Waals surface area contributed by atoms with Gasteiger partial charge in [-0.2, -0.15) is 0 Å². The molecular formula is C15H23BrN2O. The second kappa shape index (κ2) is 8.33. The van der Waals surface area contributed by atoms with Gasteiger partial charge in [0.25, 0.3) is 0 Å². The minimum atomic E-state index is -0.375. The summed E-state index contributed by atoms with van der Waals surface area (Å²) in [6, 6.07) is 8.05. The maximum Gasteiger partial charge on any atom is 0.237 e. The van der Waals surface area contributed by atoms with E-state index in [0.717, 1.165) is 30.2 Å². The first-order valence-electron chi connectivity index (χ1n) is 6.83. The molecule has 0 heterocycles. The van der Waals surface area contributed by atoms with Crippen molar-refractivity contribution in [2.75, 3.05) is 0 Å². The largest absolute Gasteiger partial charge is 0.352 e. The Labute approximate surface area is 124 Å². The van der Waals surface area contributed by atoms with Gasteiger partial charge in [-0.1, -0.05) is 41.4 Å². The van der Waals surface area contributed by atoms with Gasteiger partial charge in [0.05, 0.1) is 6.04 Å². The molecule has 1 rings (SSSR count). The number of aryl methyl sites for hydroxylation is 1. The highest BCUT2D eigenvalue weighted by molar-refractivity contribution is 9.10. The first-order chi connectivity index (χ1) is 9.02. The zero-order chi connectivity index (χ0) is 14.3. The van der Waals surface area contributed by atoms with Crippen LogP contribution in [0.2, 0.25) is 0 Å². The van der Waals surface area contributed by atoms with Gasteiger partial charge in [0, 0.05) is 10.5 Å². The third-order valence-corrected chi connectivity index (χ3v) is 3.63. The van der Waals surface area contributed by atoms with Crippen LogP contribution >= 0.6 is 15.9 Å². The van der Waals surface area contributed by atoms with Gasteiger partial charge in [-0.05, 0) is 43.9 Å². The van der Waals surface area contributed by atoms with Gasteiger partial charge in [-0.25, -0.2) is 0 Å². The van der Waals surface area contributed by atoms with Crippen LogP contribution in [0, 0.1) is 0 Å². The Morgan fingerprint density at radius 3 is 2.53 bits per heavy atom. The van der Waals surface area contributed by atoms with E-state index >= 15 is 0 Å². The van der Waals surface area contributed by atoms with Crippen LogP contribution in [0.1, 0.15) is 38.7 Å². The molecule has 1 aromatic rings. The average Bonchev–Trinajstić information content (AvgIpc) is 2.38. The van der Waals surface area contributed by atoms with E-state index in [0.29, 0.717) is 0 Å². The summed E-state index contributed by atoms with van der Waals surface area (Å²) in [6.45, 7) is 4.06. The molecule has 0 aromatic heterocycles. The van der Waals surface area contributed by atoms with E-state index in [4.69, 9.17) is 5.73 Å². The van der Waals surface area contributed by atoms with E-state index in [1.807, 2.05) is 26.0 Å². The molecule has 0 aliphatic carbocycles. The van der Waals surface area contributed by atoms with E-state index in [-0.39, 0.29) is 18.0 Å². The van der Waals surface area contributed by atoms with Crippen LogP contribution in [-0.4, -0.2) is 18.0 Å². The van der Waals surface area contributed by atoms with Gasteiger partial charge in [0.15, 0.2) is 0 Å². The van der Waals surface area contributed by atoms with E-state index in [1.54, 1.807) is 0 Å². The van der Waals surface area contributed by atoms with Gasteiger partial charge in [0.1, 0.15) is 0 Å². The fourth-order valence-corrected chi connectivity index (χ4v) is 2.16. The SMILES string of the molecule is CCCC(N)C(=O)NC(C)CCc1ccc(Br)cc1. The summed E-state index contributed by atoms with van der Waals surface area (Å²) in [5.41, 5.74) is 7.06. The number of rotatable bonds is 7. The van der Waals surface area contributed by atoms with Crippen molar-refractivity contribution in [3.63, 3.8) is 0 Å². The second-order valence-corrected chi connectivity index (χ2v) is 5.89. The average molecular weight is 327 g/mol. The lowest BCUT2D eigenvalue weighted by atomic mass is 10.1. The predicted molar refractivity (Wildman–Crippen MR) is 83.0 cm³/mol. The van der Waals surface area contributed by atoms with Crippen LogP contribution in [0.4, 0.5) is 0 Å². The molecule has 1 amide bonds. The fourth-order valence-electron chi connectivity index (χ4n) is 1.90. The van der Waals surface area contributed by atoms with Crippen molar-refractivity contribution in [2.45, 2.75) is 51.6 Å². The molecule has 106 valence electrons. The number of nitrogens with two attached hydrogens (primary N) is 1. The second-order valence-electron chi connectivity index (χ2n) is 4.97. The number of carbonyl (C=O) groups excluding carboxylic acids is 1. The molecule has 0 aliphatic heterocycles. The lowest BCUT2D eigenvalue weighted by Crippen LogP contribution is -2.44. The summed E-state index contributed by atoms with van der Waals surface area (Å²) < 4.78 is 1.09. The van der Waals surface area contributed by atoms with Gasteiger partial charge >= 0.3 is 0 Å². The zero-order valence-corrected chi connectivity index (χ0v) is 13.2. The van der Waals surface area contributed by atoms with E-state index < -0.39 is 0 Å². The molecule has 0 fully saturated rings. The summed E-state index contributed by atoms with van der Waals surface area (Å²) in [7, 11) is 0. The minimum Gasteiger partial charge on any atom is -0.352 e. The molecule has 2 unspecified atom stereocenters. The maximum atomic E-state index is 11.8. The summed E-state index contributed by atoms with van der Waals surface area (Å²) in [6.07, 6.45) is 3.55. The van der Waals surface area contributed by atoms with Crippen LogP contribution in [-0.2, 0) is 11.2 Å². The van der Waals surface area contributed by atoms with E-state index in [9.17, 15) is 4.79 Å². The molecule has 1 aromatic carbocycles. The Morgan fingerprint density at radius 2 is 1.95 bits per heavy atom. The lowest BCUT2D eigenvalue weighted by Gasteiger charge is -2.17. The highest BCUT2D eigenvalue weighted by atomic mass is 79.9. The molecule has 0 saturated heterocycles. The van der Waals surface area contributed by atoms with Crippen molar-refractivity contribution in [2.24, 2.45) is 5.73 Å². The summed E-state index contributed by atoms with van der Waals surface area (Å²) in [5, 5.41) is 2.97. The Bertz CT molecular complexity index is 392. The number of carbonyl (C=O) groups is 1. The standard InChI is InChI=1S/C15H23BrN2O/c1-3-4-14(17)15(19)18-11(2)5-6-12-7-9-13(16)10-8-12/h7-11,14H,3-6,17H2,1-2H3,(H,18,19). The van der Waals surface area contributed by atoms with E-state index in [1.165, 1.54) is 5.56 Å². The third kappa shape index (κ3) is 6.21. The van der Waals surface area contributed by atoms with Crippen molar-refractivity contribution >= 4 is 21.8 Å². The molecule has 0 bridgehead atoms. The number of nitrogens with one attached hydrogen (secondary N) is 1. The Balaban J connectivity index is 2.33. The number of hydrogen-bond donors (Lipinski definition) is 2. The molecule has 19 heavy (non-hydrogen) atoms. The van der Waals surface area contributed by atoms with Gasteiger partial charge in [-0.15, -0.1) is 0 Å². The van der Waals surface area contributed by atoms with Gasteiger partial charge in [-0.3, -0.25) is 4.79 Å². The lowest BCUT2D eigenvalue weighted by molar-refractivity contribution is -0.123. The Kier molecular flexibility index (Phi) is 7.10. The topological polar surface area (TPSA) is 55.1 Å². The van der Waals surface area contributed by atoms with Crippen molar-refractivity contribution in [1.29, 1.82) is 0 Å². The molecule has 2 atom stereocenters. The molecule has 0 spiro atoms. The minimum absolute atomic E-state index is 0.0369. The van der Waals surface area contributed by atoms with Crippen molar-refractivity contribution < 1.29 is 4.79 Å². The highest BCUT2D eigenvalue weighted by Crippen LogP contribution is 2.12. The fraction of sp³-hybridized carbons (Fsp3) is 0.533. The Morgan fingerprint density at radius 1 is 1.32 bits per heavy atom. The molecule has 3 N–H and O–H groups in total. The molecular weight excluding hydrogens is 304 g/mol. The smallest absolute Gasteiger partial charge is 0.237 e. The number of benzene rings is 1. The first kappa shape index (κ1) is 16.2. The molecule has 0 saturated carbocycles. The van der Waals surface area contributed by atoms with Crippen LogP contribution < -0.4 is 11.1 Å². The quantitative estimate of drug-likeness (QED) is 0.809. The first-order valence-corrected chi connectivity index (χ1v) is 7.62. The zero-order valence-electron chi connectivity index (χ0n) is 11.7. The molecule has 3 nitrogen and oxygen atoms in total. The number of amides is 1.